The molecule has 0 spiro atoms. The van der Waals surface area contributed by atoms with Crippen LogP contribution in [-0.2, 0) is 0 Å². The van der Waals surface area contributed by atoms with E-state index in [2.05, 4.69) is 70.7 Å². The summed E-state index contributed by atoms with van der Waals surface area (Å²) in [4.78, 5) is 16.7. The van der Waals surface area contributed by atoms with Crippen LogP contribution in [0.25, 0.3) is 5.69 Å². The fourth-order valence-electron chi connectivity index (χ4n) is 4.83. The number of methoxy groups -OCH3 is 1. The van der Waals surface area contributed by atoms with Crippen LogP contribution in [0, 0.1) is 0 Å². The first-order chi connectivity index (χ1) is 17.2. The minimum absolute atomic E-state index is 0.196. The van der Waals surface area contributed by atoms with Crippen LogP contribution < -0.4 is 20.1 Å². The molecule has 0 atom stereocenters. The quantitative estimate of drug-likeness (QED) is 0.453. The van der Waals surface area contributed by atoms with Crippen molar-refractivity contribution in [2.75, 3.05) is 38.2 Å². The van der Waals surface area contributed by atoms with Crippen molar-refractivity contribution in [3.05, 3.63) is 118 Å². The summed E-state index contributed by atoms with van der Waals surface area (Å²) < 4.78 is 6.52. The van der Waals surface area contributed by atoms with Gasteiger partial charge in [0.15, 0.2) is 0 Å². The summed E-state index contributed by atoms with van der Waals surface area (Å²) in [6.45, 7) is 3.43. The Kier molecular flexibility index (Phi) is 6.84. The predicted octanol–water partition coefficient (Wildman–Crippen LogP) is 3.39. The van der Waals surface area contributed by atoms with E-state index >= 15 is 0 Å². The van der Waals surface area contributed by atoms with E-state index in [0.29, 0.717) is 17.1 Å². The number of quaternary nitrogens is 1. The standard InChI is InChI=1S/C28H27ClN4O2/c1-35-24-14-12-23(13-15-24)33-28(34)26(29)25(20-30-33)31-16-18-32(19-17-31)27(21-8-4-2-5-9-21)22-10-6-3-7-11-22/h2-15,20,27H,16-19H2,1H3/p+1. The average molecular weight is 488 g/mol. The van der Waals surface area contributed by atoms with Crippen LogP contribution in [0.5, 0.6) is 5.75 Å². The zero-order chi connectivity index (χ0) is 24.2. The topological polar surface area (TPSA) is 51.8 Å². The molecule has 0 unspecified atom stereocenters. The number of hydrogen-bond donors (Lipinski definition) is 1. The summed E-state index contributed by atoms with van der Waals surface area (Å²) in [6.07, 6.45) is 1.70. The molecule has 2 heterocycles. The Morgan fingerprint density at radius 3 is 2.00 bits per heavy atom. The fraction of sp³-hybridized carbons (Fsp3) is 0.214. The van der Waals surface area contributed by atoms with Gasteiger partial charge in [0, 0.05) is 11.1 Å². The SMILES string of the molecule is COc1ccc(-n2ncc(N3CC[NH+](C(c4ccccc4)c4ccccc4)CC3)c(Cl)c2=O)cc1. The van der Waals surface area contributed by atoms with Crippen molar-refractivity contribution < 1.29 is 9.64 Å². The Morgan fingerprint density at radius 1 is 0.886 bits per heavy atom. The van der Waals surface area contributed by atoms with Gasteiger partial charge in [0.1, 0.15) is 16.8 Å². The number of nitrogens with zero attached hydrogens (tertiary/aromatic N) is 3. The zero-order valence-electron chi connectivity index (χ0n) is 19.6. The van der Waals surface area contributed by atoms with E-state index in [1.165, 1.54) is 20.7 Å². The van der Waals surface area contributed by atoms with Crippen molar-refractivity contribution in [3.63, 3.8) is 0 Å². The molecule has 1 aromatic heterocycles. The van der Waals surface area contributed by atoms with E-state index < -0.39 is 0 Å². The van der Waals surface area contributed by atoms with Gasteiger partial charge < -0.3 is 14.5 Å². The molecular weight excluding hydrogens is 460 g/mol. The predicted molar refractivity (Wildman–Crippen MR) is 139 cm³/mol. The molecular formula is C28H28ClN4O2+. The molecule has 0 aliphatic carbocycles. The molecule has 3 aromatic carbocycles. The summed E-state index contributed by atoms with van der Waals surface area (Å²) in [7, 11) is 1.61. The number of rotatable bonds is 6. The van der Waals surface area contributed by atoms with E-state index in [1.54, 1.807) is 37.6 Å². The molecule has 1 fully saturated rings. The van der Waals surface area contributed by atoms with Gasteiger partial charge in [-0.25, -0.2) is 0 Å². The Balaban J connectivity index is 1.36. The maximum Gasteiger partial charge on any atom is 0.292 e. The van der Waals surface area contributed by atoms with Gasteiger partial charge in [0.2, 0.25) is 0 Å². The lowest BCUT2D eigenvalue weighted by Gasteiger charge is -2.38. The molecule has 7 heteroatoms. The Labute approximate surface area is 210 Å². The summed E-state index contributed by atoms with van der Waals surface area (Å²) in [6, 6.07) is 28.8. The van der Waals surface area contributed by atoms with Crippen LogP contribution in [-0.4, -0.2) is 43.1 Å². The number of anilines is 1. The molecule has 0 amide bonds. The lowest BCUT2D eigenvalue weighted by atomic mass is 9.96. The van der Waals surface area contributed by atoms with E-state index in [-0.39, 0.29) is 16.6 Å². The van der Waals surface area contributed by atoms with E-state index in [0.717, 1.165) is 26.2 Å². The van der Waals surface area contributed by atoms with Gasteiger partial charge in [-0.15, -0.1) is 0 Å². The molecule has 178 valence electrons. The van der Waals surface area contributed by atoms with Crippen LogP contribution >= 0.6 is 11.6 Å². The highest BCUT2D eigenvalue weighted by Crippen LogP contribution is 2.24. The Hall–Kier alpha value is -3.61. The van der Waals surface area contributed by atoms with Gasteiger partial charge in [-0.2, -0.15) is 9.78 Å². The number of nitrogens with one attached hydrogen (secondary N) is 1. The number of benzene rings is 3. The molecule has 0 saturated carbocycles. The monoisotopic (exact) mass is 487 g/mol. The van der Waals surface area contributed by atoms with Gasteiger partial charge in [-0.3, -0.25) is 4.79 Å². The van der Waals surface area contributed by atoms with E-state index in [9.17, 15) is 4.79 Å². The number of ether oxygens (including phenoxy) is 1. The van der Waals surface area contributed by atoms with Crippen LogP contribution in [0.15, 0.2) is 95.9 Å². The summed E-state index contributed by atoms with van der Waals surface area (Å²) in [5.74, 6) is 0.717. The molecule has 4 aromatic rings. The minimum Gasteiger partial charge on any atom is -0.497 e. The Bertz CT molecular complexity index is 1280. The van der Waals surface area contributed by atoms with E-state index in [4.69, 9.17) is 16.3 Å². The largest absolute Gasteiger partial charge is 0.497 e. The normalized spacial score (nSPS) is 14.3. The number of aromatic nitrogens is 2. The third-order valence-electron chi connectivity index (χ3n) is 6.64. The Morgan fingerprint density at radius 2 is 1.46 bits per heavy atom. The second kappa shape index (κ2) is 10.3. The number of hydrogen-bond acceptors (Lipinski definition) is 4. The van der Waals surface area contributed by atoms with Gasteiger partial charge in [0.05, 0.1) is 50.9 Å². The first kappa shape index (κ1) is 23.1. The highest BCUT2D eigenvalue weighted by Gasteiger charge is 2.31. The summed E-state index contributed by atoms with van der Waals surface area (Å²) in [5, 5.41) is 4.62. The molecule has 6 nitrogen and oxygen atoms in total. The maximum absolute atomic E-state index is 13.0. The molecule has 1 aliphatic rings. The van der Waals surface area contributed by atoms with Gasteiger partial charge in [0.25, 0.3) is 5.56 Å². The number of halogens is 1. The van der Waals surface area contributed by atoms with Gasteiger partial charge in [-0.1, -0.05) is 72.3 Å². The lowest BCUT2D eigenvalue weighted by molar-refractivity contribution is -0.926. The second-order valence-corrected chi connectivity index (χ2v) is 9.04. The highest BCUT2D eigenvalue weighted by atomic mass is 35.5. The minimum atomic E-state index is -0.324. The third kappa shape index (κ3) is 4.81. The van der Waals surface area contributed by atoms with Crippen molar-refractivity contribution >= 4 is 17.3 Å². The van der Waals surface area contributed by atoms with Crippen molar-refractivity contribution in [2.24, 2.45) is 0 Å². The highest BCUT2D eigenvalue weighted by molar-refractivity contribution is 6.33. The van der Waals surface area contributed by atoms with Gasteiger partial charge in [-0.05, 0) is 24.3 Å². The smallest absolute Gasteiger partial charge is 0.292 e. The summed E-state index contributed by atoms with van der Waals surface area (Å²) in [5.41, 5.74) is 3.63. The molecule has 1 saturated heterocycles. The first-order valence-electron chi connectivity index (χ1n) is 11.8. The molecule has 0 radical (unpaired) electrons. The van der Waals surface area contributed by atoms with Crippen molar-refractivity contribution in [1.29, 1.82) is 0 Å². The molecule has 5 rings (SSSR count). The van der Waals surface area contributed by atoms with Crippen molar-refractivity contribution in [2.45, 2.75) is 6.04 Å². The number of piperazine rings is 1. The van der Waals surface area contributed by atoms with Crippen LogP contribution in [0.2, 0.25) is 5.02 Å². The molecule has 1 N–H and O–H groups in total. The zero-order valence-corrected chi connectivity index (χ0v) is 20.4. The van der Waals surface area contributed by atoms with Crippen molar-refractivity contribution in [3.8, 4) is 11.4 Å². The molecule has 1 aliphatic heterocycles. The third-order valence-corrected chi connectivity index (χ3v) is 6.99. The summed E-state index contributed by atoms with van der Waals surface area (Å²) >= 11 is 6.58. The van der Waals surface area contributed by atoms with Crippen LogP contribution in [0.3, 0.4) is 0 Å². The average Bonchev–Trinajstić information content (AvgIpc) is 2.92. The maximum atomic E-state index is 13.0. The van der Waals surface area contributed by atoms with Gasteiger partial charge >= 0.3 is 0 Å². The van der Waals surface area contributed by atoms with Crippen molar-refractivity contribution in [1.82, 2.24) is 9.78 Å². The fourth-order valence-corrected chi connectivity index (χ4v) is 5.08. The second-order valence-electron chi connectivity index (χ2n) is 8.66. The molecule has 0 bridgehead atoms. The lowest BCUT2D eigenvalue weighted by Crippen LogP contribution is -3.15. The first-order valence-corrected chi connectivity index (χ1v) is 12.1. The van der Waals surface area contributed by atoms with Crippen LogP contribution in [0.1, 0.15) is 17.2 Å². The van der Waals surface area contributed by atoms with Crippen LogP contribution in [0.4, 0.5) is 5.69 Å². The van der Waals surface area contributed by atoms with E-state index in [1.807, 2.05) is 0 Å². The molecule has 35 heavy (non-hydrogen) atoms.